The smallest absolute Gasteiger partial charge is 0.433 e. The van der Waals surface area contributed by atoms with Gasteiger partial charge >= 0.3 is 18.2 Å². The van der Waals surface area contributed by atoms with E-state index in [9.17, 15) is 18.0 Å². The number of anilines is 2. The molecular formula is C18H18F3N3O3. The Balaban J connectivity index is 1.96. The molecule has 0 aliphatic heterocycles. The van der Waals surface area contributed by atoms with E-state index in [1.54, 1.807) is 11.9 Å². The van der Waals surface area contributed by atoms with Crippen LogP contribution in [0, 0.1) is 0 Å². The molecule has 3 rings (SSSR count). The van der Waals surface area contributed by atoms with Crippen LogP contribution >= 0.6 is 0 Å². The fourth-order valence-corrected chi connectivity index (χ4v) is 3.06. The lowest BCUT2D eigenvalue weighted by atomic mass is 10.1. The van der Waals surface area contributed by atoms with Crippen molar-refractivity contribution in [3.63, 3.8) is 0 Å². The zero-order valence-corrected chi connectivity index (χ0v) is 14.6. The maximum Gasteiger partial charge on any atom is 0.433 e. The summed E-state index contributed by atoms with van der Waals surface area (Å²) in [5.41, 5.74) is 1.92. The highest BCUT2D eigenvalue weighted by molar-refractivity contribution is 5.67. The van der Waals surface area contributed by atoms with Gasteiger partial charge in [0.2, 0.25) is 0 Å². The molecule has 0 unspecified atom stereocenters. The molecule has 1 aromatic carbocycles. The molecule has 0 bridgehead atoms. The monoisotopic (exact) mass is 381 g/mol. The van der Waals surface area contributed by atoms with Gasteiger partial charge in [0.1, 0.15) is 12.4 Å². The molecule has 2 aromatic rings. The minimum absolute atomic E-state index is 0.0305. The first-order valence-corrected chi connectivity index (χ1v) is 8.41. The van der Waals surface area contributed by atoms with Crippen molar-refractivity contribution in [2.45, 2.75) is 31.9 Å². The summed E-state index contributed by atoms with van der Waals surface area (Å²) in [6.45, 7) is -0.319. The standard InChI is InChI=1S/C18H18F3N3O3/c1-24(13-7-3-5-11-4-2-6-12(11)13)15-10-14(18(19,20)21)22-17(23-15)27-9-8-16(25)26/h3,5,7,10H,2,4,6,8-9H2,1H3,(H,25,26). The number of fused-ring (bicyclic) bond motifs is 1. The summed E-state index contributed by atoms with van der Waals surface area (Å²) in [5.74, 6) is -1.10. The van der Waals surface area contributed by atoms with E-state index in [1.807, 2.05) is 18.2 Å². The number of alkyl halides is 3. The van der Waals surface area contributed by atoms with Crippen LogP contribution in [-0.4, -0.2) is 34.7 Å². The number of benzene rings is 1. The van der Waals surface area contributed by atoms with E-state index in [4.69, 9.17) is 9.84 Å². The number of ether oxygens (including phenoxy) is 1. The zero-order valence-electron chi connectivity index (χ0n) is 14.6. The number of carboxylic acids is 1. The van der Waals surface area contributed by atoms with Gasteiger partial charge in [-0.3, -0.25) is 4.79 Å². The van der Waals surface area contributed by atoms with Gasteiger partial charge in [-0.15, -0.1) is 0 Å². The second-order valence-corrected chi connectivity index (χ2v) is 6.21. The number of hydrogen-bond acceptors (Lipinski definition) is 5. The fraction of sp³-hybridized carbons (Fsp3) is 0.389. The minimum Gasteiger partial charge on any atom is -0.481 e. The molecule has 0 saturated carbocycles. The largest absolute Gasteiger partial charge is 0.481 e. The Labute approximate surface area is 153 Å². The Kier molecular flexibility index (Phi) is 5.20. The van der Waals surface area contributed by atoms with E-state index >= 15 is 0 Å². The van der Waals surface area contributed by atoms with Crippen molar-refractivity contribution < 1.29 is 27.8 Å². The number of hydrogen-bond donors (Lipinski definition) is 1. The maximum absolute atomic E-state index is 13.2. The van der Waals surface area contributed by atoms with Crippen LogP contribution < -0.4 is 9.64 Å². The average molecular weight is 381 g/mol. The summed E-state index contributed by atoms with van der Waals surface area (Å²) >= 11 is 0. The van der Waals surface area contributed by atoms with E-state index in [-0.39, 0.29) is 18.8 Å². The third-order valence-electron chi connectivity index (χ3n) is 4.36. The van der Waals surface area contributed by atoms with Crippen LogP contribution in [0.25, 0.3) is 0 Å². The van der Waals surface area contributed by atoms with Crippen molar-refractivity contribution in [3.8, 4) is 6.01 Å². The summed E-state index contributed by atoms with van der Waals surface area (Å²) < 4.78 is 44.7. The third-order valence-corrected chi connectivity index (χ3v) is 4.36. The summed E-state index contributed by atoms with van der Waals surface area (Å²) in [6.07, 6.45) is -2.24. The molecule has 0 saturated heterocycles. The van der Waals surface area contributed by atoms with Crippen LogP contribution in [0.3, 0.4) is 0 Å². The van der Waals surface area contributed by atoms with Gasteiger partial charge in [-0.2, -0.15) is 23.1 Å². The molecule has 9 heteroatoms. The first-order chi connectivity index (χ1) is 12.8. The first kappa shape index (κ1) is 18.9. The average Bonchev–Trinajstić information content (AvgIpc) is 3.08. The highest BCUT2D eigenvalue weighted by Gasteiger charge is 2.34. The summed E-state index contributed by atoms with van der Waals surface area (Å²) in [6, 6.07) is 6.08. The molecule has 1 heterocycles. The van der Waals surface area contributed by atoms with Gasteiger partial charge in [-0.1, -0.05) is 12.1 Å². The van der Waals surface area contributed by atoms with E-state index < -0.39 is 23.8 Å². The van der Waals surface area contributed by atoms with Gasteiger partial charge in [0.05, 0.1) is 6.42 Å². The second kappa shape index (κ2) is 7.42. The van der Waals surface area contributed by atoms with Gasteiger partial charge in [0.25, 0.3) is 0 Å². The lowest BCUT2D eigenvalue weighted by Gasteiger charge is -2.22. The molecule has 0 spiro atoms. The van der Waals surface area contributed by atoms with E-state index in [0.29, 0.717) is 0 Å². The summed E-state index contributed by atoms with van der Waals surface area (Å²) in [4.78, 5) is 19.6. The summed E-state index contributed by atoms with van der Waals surface area (Å²) in [7, 11) is 1.64. The van der Waals surface area contributed by atoms with Gasteiger partial charge in [-0.05, 0) is 36.5 Å². The SMILES string of the molecule is CN(c1cc(C(F)(F)F)nc(OCCC(=O)O)n1)c1cccc2c1CCC2. The maximum atomic E-state index is 13.2. The Bertz CT molecular complexity index is 855. The van der Waals surface area contributed by atoms with Crippen LogP contribution in [0.15, 0.2) is 24.3 Å². The molecular weight excluding hydrogens is 363 g/mol. The normalized spacial score (nSPS) is 13.3. The molecule has 6 nitrogen and oxygen atoms in total. The van der Waals surface area contributed by atoms with E-state index in [1.165, 1.54) is 5.56 Å². The number of aryl methyl sites for hydroxylation is 1. The zero-order chi connectivity index (χ0) is 19.6. The van der Waals surface area contributed by atoms with Gasteiger partial charge in [-0.25, -0.2) is 0 Å². The number of carboxylic acid groups (broad SMARTS) is 1. The first-order valence-electron chi connectivity index (χ1n) is 8.41. The second-order valence-electron chi connectivity index (χ2n) is 6.21. The molecule has 1 aliphatic carbocycles. The Morgan fingerprint density at radius 3 is 2.78 bits per heavy atom. The minimum atomic E-state index is -4.68. The molecule has 0 radical (unpaired) electrons. The van der Waals surface area contributed by atoms with E-state index in [2.05, 4.69) is 9.97 Å². The highest BCUT2D eigenvalue weighted by Crippen LogP contribution is 2.36. The van der Waals surface area contributed by atoms with Crippen molar-refractivity contribution in [2.75, 3.05) is 18.6 Å². The molecule has 27 heavy (non-hydrogen) atoms. The number of nitrogens with zero attached hydrogens (tertiary/aromatic N) is 3. The number of aliphatic carboxylic acids is 1. The number of carbonyl (C=O) groups is 1. The van der Waals surface area contributed by atoms with E-state index in [0.717, 1.165) is 36.6 Å². The van der Waals surface area contributed by atoms with Crippen molar-refractivity contribution in [1.29, 1.82) is 0 Å². The summed E-state index contributed by atoms with van der Waals surface area (Å²) in [5, 5.41) is 8.65. The number of halogens is 3. The lowest BCUT2D eigenvalue weighted by molar-refractivity contribution is -0.142. The van der Waals surface area contributed by atoms with Gasteiger partial charge in [0.15, 0.2) is 5.69 Å². The van der Waals surface area contributed by atoms with Crippen molar-refractivity contribution in [1.82, 2.24) is 9.97 Å². The lowest BCUT2D eigenvalue weighted by Crippen LogP contribution is -2.18. The molecule has 1 N–H and O–H groups in total. The Morgan fingerprint density at radius 1 is 1.30 bits per heavy atom. The predicted octanol–water partition coefficient (Wildman–Crippen LogP) is 3.61. The quantitative estimate of drug-likeness (QED) is 0.824. The number of aromatic nitrogens is 2. The van der Waals surface area contributed by atoms with Gasteiger partial charge < -0.3 is 14.7 Å². The van der Waals surface area contributed by atoms with Crippen LogP contribution in [0.4, 0.5) is 24.7 Å². The predicted molar refractivity (Wildman–Crippen MR) is 91.3 cm³/mol. The van der Waals surface area contributed by atoms with Crippen molar-refractivity contribution in [2.24, 2.45) is 0 Å². The van der Waals surface area contributed by atoms with Crippen LogP contribution in [0.5, 0.6) is 6.01 Å². The van der Waals surface area contributed by atoms with Gasteiger partial charge in [0, 0.05) is 18.8 Å². The molecule has 144 valence electrons. The molecule has 0 fully saturated rings. The molecule has 1 aromatic heterocycles. The topological polar surface area (TPSA) is 75.6 Å². The Hall–Kier alpha value is -2.84. The van der Waals surface area contributed by atoms with Crippen LogP contribution in [0.2, 0.25) is 0 Å². The third kappa shape index (κ3) is 4.29. The Morgan fingerprint density at radius 2 is 2.07 bits per heavy atom. The van der Waals surface area contributed by atoms with Crippen molar-refractivity contribution in [3.05, 3.63) is 41.1 Å². The molecule has 0 amide bonds. The molecule has 0 atom stereocenters. The number of rotatable bonds is 6. The van der Waals surface area contributed by atoms with Crippen molar-refractivity contribution >= 4 is 17.5 Å². The fourth-order valence-electron chi connectivity index (χ4n) is 3.06. The molecule has 1 aliphatic rings. The van der Waals surface area contributed by atoms with Crippen LogP contribution in [0.1, 0.15) is 29.7 Å². The van der Waals surface area contributed by atoms with Crippen LogP contribution in [-0.2, 0) is 23.8 Å². The highest BCUT2D eigenvalue weighted by atomic mass is 19.4.